The van der Waals surface area contributed by atoms with Crippen molar-refractivity contribution >= 4 is 5.82 Å². The average molecular weight is 281 g/mol. The van der Waals surface area contributed by atoms with E-state index >= 15 is 0 Å². The number of benzene rings is 1. The Balaban J connectivity index is 2.17. The molecule has 2 heterocycles. The molecule has 0 saturated carbocycles. The van der Waals surface area contributed by atoms with Crippen LogP contribution in [0.1, 0.15) is 0 Å². The van der Waals surface area contributed by atoms with E-state index in [1.165, 1.54) is 0 Å². The predicted molar refractivity (Wildman–Crippen MR) is 80.6 cm³/mol. The third-order valence-electron chi connectivity index (χ3n) is 3.33. The van der Waals surface area contributed by atoms with Crippen molar-refractivity contribution in [2.45, 2.75) is 0 Å². The third-order valence-corrected chi connectivity index (χ3v) is 3.33. The van der Waals surface area contributed by atoms with Crippen molar-refractivity contribution in [2.75, 3.05) is 12.8 Å². The molecule has 3 rings (SSSR count). The first-order valence-electron chi connectivity index (χ1n) is 6.44. The summed E-state index contributed by atoms with van der Waals surface area (Å²) in [5.41, 5.74) is 9.70. The summed E-state index contributed by atoms with van der Waals surface area (Å²) in [7, 11) is 3.46. The van der Waals surface area contributed by atoms with Gasteiger partial charge < -0.3 is 10.5 Å². The van der Waals surface area contributed by atoms with Crippen molar-refractivity contribution < 1.29 is 4.74 Å². The molecule has 1 aromatic carbocycles. The lowest BCUT2D eigenvalue weighted by atomic mass is 10.0. The van der Waals surface area contributed by atoms with Crippen LogP contribution in [0, 0.1) is 0 Å². The van der Waals surface area contributed by atoms with Gasteiger partial charge in [-0.3, -0.25) is 4.68 Å². The lowest BCUT2D eigenvalue weighted by molar-refractivity contribution is 0.415. The lowest BCUT2D eigenvalue weighted by Crippen LogP contribution is -1.98. The second-order valence-corrected chi connectivity index (χ2v) is 4.59. The molecule has 0 fully saturated rings. The van der Waals surface area contributed by atoms with Gasteiger partial charge in [0.2, 0.25) is 0 Å². The SMILES string of the molecule is COc1ccc(-c2c(-c3ccnnc3)nn(C)c2N)cc1. The summed E-state index contributed by atoms with van der Waals surface area (Å²) in [5, 5.41) is 12.2. The number of rotatable bonds is 3. The van der Waals surface area contributed by atoms with Crippen molar-refractivity contribution in [3.05, 3.63) is 42.7 Å². The van der Waals surface area contributed by atoms with Gasteiger partial charge in [-0.25, -0.2) is 0 Å². The van der Waals surface area contributed by atoms with Crippen LogP contribution in [0.5, 0.6) is 5.75 Å². The topological polar surface area (TPSA) is 78.9 Å². The summed E-state index contributed by atoms with van der Waals surface area (Å²) >= 11 is 0. The monoisotopic (exact) mass is 281 g/mol. The van der Waals surface area contributed by atoms with Gasteiger partial charge in [0.25, 0.3) is 0 Å². The van der Waals surface area contributed by atoms with Crippen molar-refractivity contribution in [1.29, 1.82) is 0 Å². The zero-order valence-electron chi connectivity index (χ0n) is 11.8. The van der Waals surface area contributed by atoms with E-state index in [0.29, 0.717) is 5.82 Å². The molecular formula is C15H15N5O. The smallest absolute Gasteiger partial charge is 0.129 e. The fourth-order valence-corrected chi connectivity index (χ4v) is 2.21. The van der Waals surface area contributed by atoms with Gasteiger partial charge in [-0.1, -0.05) is 12.1 Å². The van der Waals surface area contributed by atoms with Crippen LogP contribution in [-0.2, 0) is 7.05 Å². The highest BCUT2D eigenvalue weighted by Crippen LogP contribution is 2.35. The van der Waals surface area contributed by atoms with Gasteiger partial charge in [0.15, 0.2) is 0 Å². The van der Waals surface area contributed by atoms with Crippen molar-refractivity contribution in [3.63, 3.8) is 0 Å². The van der Waals surface area contributed by atoms with Gasteiger partial charge in [0.1, 0.15) is 17.3 Å². The highest BCUT2D eigenvalue weighted by molar-refractivity contribution is 5.87. The molecule has 2 aromatic heterocycles. The fourth-order valence-electron chi connectivity index (χ4n) is 2.21. The van der Waals surface area contributed by atoms with Crippen LogP contribution in [0.2, 0.25) is 0 Å². The normalized spacial score (nSPS) is 10.6. The molecular weight excluding hydrogens is 266 g/mol. The first kappa shape index (κ1) is 13.1. The van der Waals surface area contributed by atoms with Crippen LogP contribution < -0.4 is 10.5 Å². The Morgan fingerprint density at radius 1 is 1.05 bits per heavy atom. The zero-order chi connectivity index (χ0) is 14.8. The molecule has 0 aliphatic rings. The third kappa shape index (κ3) is 2.31. The minimum Gasteiger partial charge on any atom is -0.497 e. The first-order valence-corrected chi connectivity index (χ1v) is 6.44. The summed E-state index contributed by atoms with van der Waals surface area (Å²) in [4.78, 5) is 0. The maximum absolute atomic E-state index is 6.18. The molecule has 0 atom stereocenters. The van der Waals surface area contributed by atoms with Gasteiger partial charge in [0.05, 0.1) is 25.1 Å². The molecule has 0 amide bonds. The Hall–Kier alpha value is -2.89. The van der Waals surface area contributed by atoms with Gasteiger partial charge in [-0.2, -0.15) is 15.3 Å². The molecule has 0 aliphatic carbocycles. The fraction of sp³-hybridized carbons (Fsp3) is 0.133. The maximum Gasteiger partial charge on any atom is 0.129 e. The molecule has 3 aromatic rings. The van der Waals surface area contributed by atoms with E-state index in [9.17, 15) is 0 Å². The van der Waals surface area contributed by atoms with Crippen molar-refractivity contribution in [2.24, 2.45) is 7.05 Å². The maximum atomic E-state index is 6.18. The molecule has 6 nitrogen and oxygen atoms in total. The number of anilines is 1. The first-order chi connectivity index (χ1) is 10.2. The van der Waals surface area contributed by atoms with Gasteiger partial charge in [-0.05, 0) is 23.8 Å². The van der Waals surface area contributed by atoms with Crippen molar-refractivity contribution in [1.82, 2.24) is 20.0 Å². The lowest BCUT2D eigenvalue weighted by Gasteiger charge is -2.05. The quantitative estimate of drug-likeness (QED) is 0.795. The predicted octanol–water partition coefficient (Wildman–Crippen LogP) is 2.13. The molecule has 0 bridgehead atoms. The summed E-state index contributed by atoms with van der Waals surface area (Å²) in [6, 6.07) is 9.59. The Morgan fingerprint density at radius 3 is 2.43 bits per heavy atom. The second-order valence-electron chi connectivity index (χ2n) is 4.59. The van der Waals surface area contributed by atoms with Crippen LogP contribution in [0.4, 0.5) is 5.82 Å². The molecule has 0 saturated heterocycles. The standard InChI is InChI=1S/C15H15N5O/c1-20-15(16)13(10-3-5-12(21-2)6-4-10)14(19-20)11-7-8-17-18-9-11/h3-9H,16H2,1-2H3. The summed E-state index contributed by atoms with van der Waals surface area (Å²) in [6.07, 6.45) is 3.31. The Labute approximate surface area is 122 Å². The van der Waals surface area contributed by atoms with Gasteiger partial charge >= 0.3 is 0 Å². The number of methoxy groups -OCH3 is 1. The van der Waals surface area contributed by atoms with E-state index in [-0.39, 0.29) is 0 Å². The van der Waals surface area contributed by atoms with E-state index in [2.05, 4.69) is 15.3 Å². The van der Waals surface area contributed by atoms with Crippen LogP contribution in [-0.4, -0.2) is 27.1 Å². The Morgan fingerprint density at radius 2 is 1.81 bits per heavy atom. The van der Waals surface area contributed by atoms with E-state index in [4.69, 9.17) is 10.5 Å². The minimum absolute atomic E-state index is 0.604. The number of nitrogen functional groups attached to an aromatic ring is 1. The number of hydrogen-bond acceptors (Lipinski definition) is 5. The number of ether oxygens (including phenoxy) is 1. The molecule has 0 spiro atoms. The highest BCUT2D eigenvalue weighted by Gasteiger charge is 2.17. The van der Waals surface area contributed by atoms with Crippen LogP contribution in [0.3, 0.4) is 0 Å². The van der Waals surface area contributed by atoms with E-state index < -0.39 is 0 Å². The summed E-state index contributed by atoms with van der Waals surface area (Å²) in [5.74, 6) is 1.40. The minimum atomic E-state index is 0.604. The number of nitrogens with zero attached hydrogens (tertiary/aromatic N) is 4. The zero-order valence-corrected chi connectivity index (χ0v) is 11.8. The molecule has 106 valence electrons. The van der Waals surface area contributed by atoms with Gasteiger partial charge in [0, 0.05) is 12.6 Å². The van der Waals surface area contributed by atoms with E-state index in [1.807, 2.05) is 37.4 Å². The summed E-state index contributed by atoms with van der Waals surface area (Å²) in [6.45, 7) is 0. The summed E-state index contributed by atoms with van der Waals surface area (Å²) < 4.78 is 6.85. The Bertz CT molecular complexity index is 750. The van der Waals surface area contributed by atoms with Crippen LogP contribution in [0.25, 0.3) is 22.4 Å². The number of aromatic nitrogens is 4. The number of aryl methyl sites for hydroxylation is 1. The molecule has 6 heteroatoms. The molecule has 0 radical (unpaired) electrons. The second kappa shape index (κ2) is 5.24. The molecule has 0 aliphatic heterocycles. The van der Waals surface area contributed by atoms with Gasteiger partial charge in [-0.15, -0.1) is 0 Å². The molecule has 2 N–H and O–H groups in total. The van der Waals surface area contributed by atoms with E-state index in [1.54, 1.807) is 24.2 Å². The highest BCUT2D eigenvalue weighted by atomic mass is 16.5. The average Bonchev–Trinajstić information content (AvgIpc) is 2.84. The molecule has 21 heavy (non-hydrogen) atoms. The largest absolute Gasteiger partial charge is 0.497 e. The van der Waals surface area contributed by atoms with E-state index in [0.717, 1.165) is 28.1 Å². The number of nitrogens with two attached hydrogens (primary N) is 1. The Kier molecular flexibility index (Phi) is 3.27. The van der Waals surface area contributed by atoms with Crippen LogP contribution >= 0.6 is 0 Å². The van der Waals surface area contributed by atoms with Crippen LogP contribution in [0.15, 0.2) is 42.7 Å². The molecule has 0 unspecified atom stereocenters. The van der Waals surface area contributed by atoms with Crippen molar-refractivity contribution in [3.8, 4) is 28.1 Å². The number of hydrogen-bond donors (Lipinski definition) is 1.